The fourth-order valence-corrected chi connectivity index (χ4v) is 1.19. The predicted octanol–water partition coefficient (Wildman–Crippen LogP) is 0.680. The van der Waals surface area contributed by atoms with Gasteiger partial charge in [-0.25, -0.2) is 4.79 Å². The topological polar surface area (TPSA) is 72.5 Å². The van der Waals surface area contributed by atoms with E-state index in [1.165, 1.54) is 19.2 Å². The van der Waals surface area contributed by atoms with E-state index >= 15 is 0 Å². The number of esters is 1. The Morgan fingerprint density at radius 2 is 2.29 bits per heavy atom. The molecule has 0 aliphatic heterocycles. The Kier molecular flexibility index (Phi) is 3.48. The van der Waals surface area contributed by atoms with Crippen molar-refractivity contribution in [1.29, 1.82) is 0 Å². The maximum absolute atomic E-state index is 11.1. The SMILES string of the molecule is COC(=O)c1ccc(O)c(CCN)c1. The van der Waals surface area contributed by atoms with Crippen LogP contribution in [0.4, 0.5) is 0 Å². The van der Waals surface area contributed by atoms with Crippen molar-refractivity contribution in [3.63, 3.8) is 0 Å². The summed E-state index contributed by atoms with van der Waals surface area (Å²) < 4.78 is 4.56. The van der Waals surface area contributed by atoms with Gasteiger partial charge in [-0.2, -0.15) is 0 Å². The third-order valence-corrected chi connectivity index (χ3v) is 1.91. The molecule has 0 heterocycles. The van der Waals surface area contributed by atoms with Crippen LogP contribution in [0.5, 0.6) is 5.75 Å². The summed E-state index contributed by atoms with van der Waals surface area (Å²) in [6.45, 7) is 0.429. The van der Waals surface area contributed by atoms with Crippen LogP contribution in [0.1, 0.15) is 15.9 Å². The number of nitrogens with two attached hydrogens (primary N) is 1. The van der Waals surface area contributed by atoms with Gasteiger partial charge in [0.2, 0.25) is 0 Å². The average molecular weight is 195 g/mol. The van der Waals surface area contributed by atoms with Crippen molar-refractivity contribution >= 4 is 5.97 Å². The fourth-order valence-electron chi connectivity index (χ4n) is 1.19. The second-order valence-electron chi connectivity index (χ2n) is 2.87. The number of hydrogen-bond acceptors (Lipinski definition) is 4. The van der Waals surface area contributed by atoms with Gasteiger partial charge in [-0.3, -0.25) is 0 Å². The van der Waals surface area contributed by atoms with Crippen LogP contribution in [0, 0.1) is 0 Å². The van der Waals surface area contributed by atoms with Crippen LogP contribution in [0.2, 0.25) is 0 Å². The first kappa shape index (κ1) is 10.5. The Hall–Kier alpha value is -1.55. The molecule has 76 valence electrons. The van der Waals surface area contributed by atoms with Crippen LogP contribution < -0.4 is 5.73 Å². The van der Waals surface area contributed by atoms with Gasteiger partial charge >= 0.3 is 5.97 Å². The quantitative estimate of drug-likeness (QED) is 0.696. The van der Waals surface area contributed by atoms with E-state index < -0.39 is 5.97 Å². The number of aromatic hydroxyl groups is 1. The number of phenols is 1. The molecule has 0 aliphatic carbocycles. The number of benzene rings is 1. The molecule has 4 heteroatoms. The first-order valence-electron chi connectivity index (χ1n) is 4.29. The van der Waals surface area contributed by atoms with Crippen molar-refractivity contribution in [2.45, 2.75) is 6.42 Å². The molecule has 0 aromatic heterocycles. The van der Waals surface area contributed by atoms with Crippen LogP contribution in [0.25, 0.3) is 0 Å². The summed E-state index contributed by atoms with van der Waals surface area (Å²) in [5.74, 6) is -0.258. The minimum absolute atomic E-state index is 0.156. The third kappa shape index (κ3) is 2.23. The molecule has 0 saturated carbocycles. The molecule has 0 unspecified atom stereocenters. The number of methoxy groups -OCH3 is 1. The number of ether oxygens (including phenoxy) is 1. The third-order valence-electron chi connectivity index (χ3n) is 1.91. The molecule has 0 amide bonds. The Labute approximate surface area is 82.3 Å². The summed E-state index contributed by atoms with van der Waals surface area (Å²) in [7, 11) is 1.32. The Balaban J connectivity index is 2.99. The fraction of sp³-hybridized carbons (Fsp3) is 0.300. The van der Waals surface area contributed by atoms with Crippen molar-refractivity contribution in [1.82, 2.24) is 0 Å². The molecule has 4 nitrogen and oxygen atoms in total. The van der Waals surface area contributed by atoms with Crippen molar-refractivity contribution in [3.8, 4) is 5.75 Å². The number of hydrogen-bond donors (Lipinski definition) is 2. The van der Waals surface area contributed by atoms with Crippen LogP contribution in [-0.2, 0) is 11.2 Å². The van der Waals surface area contributed by atoms with Crippen molar-refractivity contribution < 1.29 is 14.6 Å². The van der Waals surface area contributed by atoms with Crippen LogP contribution >= 0.6 is 0 Å². The predicted molar refractivity (Wildman–Crippen MR) is 52.2 cm³/mol. The van der Waals surface area contributed by atoms with E-state index in [0.29, 0.717) is 24.1 Å². The summed E-state index contributed by atoms with van der Waals surface area (Å²) in [4.78, 5) is 11.1. The van der Waals surface area contributed by atoms with Crippen LogP contribution in [-0.4, -0.2) is 24.7 Å². The van der Waals surface area contributed by atoms with E-state index in [-0.39, 0.29) is 5.75 Å². The molecule has 1 rings (SSSR count). The average Bonchev–Trinajstić information content (AvgIpc) is 2.20. The highest BCUT2D eigenvalue weighted by Gasteiger charge is 2.08. The van der Waals surface area contributed by atoms with Gasteiger partial charge in [0.05, 0.1) is 12.7 Å². The molecule has 1 aromatic rings. The second kappa shape index (κ2) is 4.62. The van der Waals surface area contributed by atoms with Gasteiger partial charge < -0.3 is 15.6 Å². The first-order chi connectivity index (χ1) is 6.69. The summed E-state index contributed by atoms with van der Waals surface area (Å²) >= 11 is 0. The normalized spacial score (nSPS) is 9.86. The molecule has 1 aromatic carbocycles. The Morgan fingerprint density at radius 1 is 1.57 bits per heavy atom. The molecular formula is C10H13NO3. The number of rotatable bonds is 3. The lowest BCUT2D eigenvalue weighted by atomic mass is 10.1. The van der Waals surface area contributed by atoms with Gasteiger partial charge in [-0.05, 0) is 36.7 Å². The van der Waals surface area contributed by atoms with Gasteiger partial charge in [0.1, 0.15) is 5.75 Å². The zero-order chi connectivity index (χ0) is 10.6. The molecule has 3 N–H and O–H groups in total. The van der Waals surface area contributed by atoms with Crippen molar-refractivity contribution in [2.24, 2.45) is 5.73 Å². The standard InChI is InChI=1S/C10H13NO3/c1-14-10(13)8-2-3-9(12)7(6-8)4-5-11/h2-3,6,12H,4-5,11H2,1H3. The summed E-state index contributed by atoms with van der Waals surface area (Å²) in [5.41, 5.74) is 6.45. The Bertz CT molecular complexity index is 336. The smallest absolute Gasteiger partial charge is 0.337 e. The maximum atomic E-state index is 11.1. The first-order valence-corrected chi connectivity index (χ1v) is 4.29. The molecule has 0 aliphatic rings. The number of carbonyl (C=O) groups is 1. The molecule has 0 atom stereocenters. The van der Waals surface area contributed by atoms with Gasteiger partial charge in [-0.1, -0.05) is 0 Å². The van der Waals surface area contributed by atoms with Gasteiger partial charge in [0.15, 0.2) is 0 Å². The van der Waals surface area contributed by atoms with Crippen molar-refractivity contribution in [3.05, 3.63) is 29.3 Å². The molecule has 0 saturated heterocycles. The zero-order valence-electron chi connectivity index (χ0n) is 7.99. The zero-order valence-corrected chi connectivity index (χ0v) is 7.99. The highest BCUT2D eigenvalue weighted by Crippen LogP contribution is 2.19. The highest BCUT2D eigenvalue weighted by molar-refractivity contribution is 5.89. The minimum atomic E-state index is -0.414. The molecule has 0 fully saturated rings. The van der Waals surface area contributed by atoms with Gasteiger partial charge in [0.25, 0.3) is 0 Å². The van der Waals surface area contributed by atoms with Crippen molar-refractivity contribution in [2.75, 3.05) is 13.7 Å². The second-order valence-corrected chi connectivity index (χ2v) is 2.87. The van der Waals surface area contributed by atoms with E-state index in [0.717, 1.165) is 0 Å². The van der Waals surface area contributed by atoms with E-state index in [2.05, 4.69) is 4.74 Å². The molecule has 0 radical (unpaired) electrons. The lowest BCUT2D eigenvalue weighted by molar-refractivity contribution is 0.0600. The van der Waals surface area contributed by atoms with Gasteiger partial charge in [-0.15, -0.1) is 0 Å². The molecule has 14 heavy (non-hydrogen) atoms. The lowest BCUT2D eigenvalue weighted by Crippen LogP contribution is -2.06. The largest absolute Gasteiger partial charge is 0.508 e. The maximum Gasteiger partial charge on any atom is 0.337 e. The number of phenolic OH excluding ortho intramolecular Hbond substituents is 1. The number of carbonyl (C=O) groups excluding carboxylic acids is 1. The van der Waals surface area contributed by atoms with E-state index in [1.807, 2.05) is 0 Å². The monoisotopic (exact) mass is 195 g/mol. The van der Waals surface area contributed by atoms with E-state index in [9.17, 15) is 9.90 Å². The van der Waals surface area contributed by atoms with E-state index in [1.54, 1.807) is 6.07 Å². The summed E-state index contributed by atoms with van der Waals surface area (Å²) in [6, 6.07) is 4.58. The van der Waals surface area contributed by atoms with E-state index in [4.69, 9.17) is 5.73 Å². The lowest BCUT2D eigenvalue weighted by Gasteiger charge is -2.05. The van der Waals surface area contributed by atoms with Crippen LogP contribution in [0.15, 0.2) is 18.2 Å². The molecule has 0 spiro atoms. The minimum Gasteiger partial charge on any atom is -0.508 e. The van der Waals surface area contributed by atoms with Gasteiger partial charge in [0, 0.05) is 0 Å². The summed E-state index contributed by atoms with van der Waals surface area (Å²) in [5, 5.41) is 9.41. The summed E-state index contributed by atoms with van der Waals surface area (Å²) in [6.07, 6.45) is 0.538. The molecular weight excluding hydrogens is 182 g/mol. The molecule has 0 bridgehead atoms. The van der Waals surface area contributed by atoms with Crippen LogP contribution in [0.3, 0.4) is 0 Å². The highest BCUT2D eigenvalue weighted by atomic mass is 16.5. The Morgan fingerprint density at radius 3 is 2.86 bits per heavy atom.